The lowest BCUT2D eigenvalue weighted by atomic mass is 10.1. The Bertz CT molecular complexity index is 507. The number of likely N-dealkylation sites (tertiary alicyclic amines) is 1. The van der Waals surface area contributed by atoms with Crippen LogP contribution in [0.15, 0.2) is 18.5 Å². The Morgan fingerprint density at radius 1 is 1.55 bits per heavy atom. The molecule has 0 aromatic carbocycles. The van der Waals surface area contributed by atoms with Crippen molar-refractivity contribution in [2.45, 2.75) is 32.2 Å². The molecule has 1 aromatic heterocycles. The Balaban J connectivity index is 1.90. The minimum atomic E-state index is -0.242. The highest BCUT2D eigenvalue weighted by molar-refractivity contribution is 6.33. The van der Waals surface area contributed by atoms with Crippen molar-refractivity contribution in [2.75, 3.05) is 13.1 Å². The van der Waals surface area contributed by atoms with Gasteiger partial charge in [-0.25, -0.2) is 0 Å². The topological polar surface area (TPSA) is 62.3 Å². The molecule has 2 heterocycles. The zero-order valence-corrected chi connectivity index (χ0v) is 12.2. The Labute approximate surface area is 123 Å². The Morgan fingerprint density at radius 3 is 3.05 bits per heavy atom. The normalized spacial score (nSPS) is 16.9. The average molecular weight is 296 g/mol. The van der Waals surface area contributed by atoms with Gasteiger partial charge in [-0.15, -0.1) is 0 Å². The van der Waals surface area contributed by atoms with Crippen molar-refractivity contribution in [2.24, 2.45) is 0 Å². The van der Waals surface area contributed by atoms with E-state index < -0.39 is 0 Å². The van der Waals surface area contributed by atoms with Crippen LogP contribution in [-0.2, 0) is 4.79 Å². The number of nitrogens with zero attached hydrogens (tertiary/aromatic N) is 2. The van der Waals surface area contributed by atoms with E-state index >= 15 is 0 Å². The van der Waals surface area contributed by atoms with Gasteiger partial charge in [0.1, 0.15) is 0 Å². The predicted molar refractivity (Wildman–Crippen MR) is 76.6 cm³/mol. The first kappa shape index (κ1) is 14.8. The van der Waals surface area contributed by atoms with E-state index in [0.717, 1.165) is 19.4 Å². The monoisotopic (exact) mass is 295 g/mol. The molecule has 1 saturated heterocycles. The van der Waals surface area contributed by atoms with Gasteiger partial charge in [-0.3, -0.25) is 14.6 Å². The van der Waals surface area contributed by atoms with Gasteiger partial charge in [-0.2, -0.15) is 0 Å². The molecule has 1 aliphatic rings. The highest BCUT2D eigenvalue weighted by Crippen LogP contribution is 2.15. The summed E-state index contributed by atoms with van der Waals surface area (Å²) in [6.07, 6.45) is 5.56. The molecule has 1 aromatic rings. The summed E-state index contributed by atoms with van der Waals surface area (Å²) in [6, 6.07) is 1.57. The van der Waals surface area contributed by atoms with E-state index in [1.54, 1.807) is 6.07 Å². The minimum Gasteiger partial charge on any atom is -0.350 e. The lowest BCUT2D eigenvalue weighted by Crippen LogP contribution is -2.47. The van der Waals surface area contributed by atoms with Crippen molar-refractivity contribution in [1.29, 1.82) is 0 Å². The summed E-state index contributed by atoms with van der Waals surface area (Å²) < 4.78 is 0. The van der Waals surface area contributed by atoms with Gasteiger partial charge in [0.15, 0.2) is 0 Å². The fourth-order valence-electron chi connectivity index (χ4n) is 2.30. The van der Waals surface area contributed by atoms with Crippen molar-refractivity contribution >= 4 is 23.4 Å². The third-order valence-electron chi connectivity index (χ3n) is 3.47. The predicted octanol–water partition coefficient (Wildman–Crippen LogP) is 1.87. The molecule has 2 amide bonds. The molecule has 0 unspecified atom stereocenters. The fourth-order valence-corrected chi connectivity index (χ4v) is 2.50. The molecule has 2 rings (SSSR count). The molecular weight excluding hydrogens is 278 g/mol. The molecule has 0 spiro atoms. The number of pyridine rings is 1. The lowest BCUT2D eigenvalue weighted by molar-refractivity contribution is -0.135. The molecular formula is C14H18ClN3O2. The van der Waals surface area contributed by atoms with Gasteiger partial charge in [0.05, 0.1) is 10.6 Å². The first-order valence-corrected chi connectivity index (χ1v) is 7.14. The zero-order chi connectivity index (χ0) is 14.5. The van der Waals surface area contributed by atoms with Gasteiger partial charge in [-0.05, 0) is 25.8 Å². The van der Waals surface area contributed by atoms with Gasteiger partial charge in [0, 0.05) is 37.9 Å². The highest BCUT2D eigenvalue weighted by atomic mass is 35.5. The Hall–Kier alpha value is -1.62. The summed E-state index contributed by atoms with van der Waals surface area (Å²) in [5.74, 6) is -0.0753. The second-order valence-corrected chi connectivity index (χ2v) is 5.37. The van der Waals surface area contributed by atoms with Crippen LogP contribution in [0.1, 0.15) is 36.5 Å². The van der Waals surface area contributed by atoms with E-state index in [4.69, 9.17) is 11.6 Å². The van der Waals surface area contributed by atoms with Crippen LogP contribution in [0.25, 0.3) is 0 Å². The molecule has 1 atom stereocenters. The van der Waals surface area contributed by atoms with E-state index in [1.807, 2.05) is 11.8 Å². The van der Waals surface area contributed by atoms with Crippen molar-refractivity contribution in [1.82, 2.24) is 15.2 Å². The molecule has 0 aliphatic carbocycles. The summed E-state index contributed by atoms with van der Waals surface area (Å²) >= 11 is 5.92. The third kappa shape index (κ3) is 3.48. The summed E-state index contributed by atoms with van der Waals surface area (Å²) in [5.41, 5.74) is 0.402. The molecule has 1 fully saturated rings. The summed E-state index contributed by atoms with van der Waals surface area (Å²) in [5, 5.41) is 3.14. The summed E-state index contributed by atoms with van der Waals surface area (Å²) in [4.78, 5) is 29.5. The van der Waals surface area contributed by atoms with Crippen LogP contribution < -0.4 is 5.32 Å². The van der Waals surface area contributed by atoms with Crippen LogP contribution in [-0.4, -0.2) is 40.8 Å². The average Bonchev–Trinajstić information content (AvgIpc) is 2.45. The molecule has 0 radical (unpaired) electrons. The number of amides is 2. The Morgan fingerprint density at radius 2 is 2.35 bits per heavy atom. The van der Waals surface area contributed by atoms with Crippen molar-refractivity contribution in [3.8, 4) is 0 Å². The number of rotatable bonds is 4. The quantitative estimate of drug-likeness (QED) is 0.922. The van der Waals surface area contributed by atoms with E-state index in [9.17, 15) is 9.59 Å². The van der Waals surface area contributed by atoms with Gasteiger partial charge in [0.2, 0.25) is 5.91 Å². The van der Waals surface area contributed by atoms with E-state index in [2.05, 4.69) is 10.3 Å². The molecule has 1 aliphatic heterocycles. The number of nitrogens with one attached hydrogen (secondary N) is 1. The molecule has 0 bridgehead atoms. The second kappa shape index (κ2) is 6.70. The van der Waals surface area contributed by atoms with Crippen LogP contribution >= 0.6 is 11.6 Å². The van der Waals surface area contributed by atoms with Gasteiger partial charge in [-0.1, -0.05) is 11.6 Å². The minimum absolute atomic E-state index is 0.00707. The molecule has 5 nitrogen and oxygen atoms in total. The smallest absolute Gasteiger partial charge is 0.252 e. The van der Waals surface area contributed by atoms with Gasteiger partial charge in [0.25, 0.3) is 5.91 Å². The SMILES string of the molecule is C[C@H](CNC(=O)c1ccncc1Cl)N1CCCCC1=O. The highest BCUT2D eigenvalue weighted by Gasteiger charge is 2.23. The molecule has 1 N–H and O–H groups in total. The first-order valence-electron chi connectivity index (χ1n) is 6.77. The van der Waals surface area contributed by atoms with E-state index in [0.29, 0.717) is 23.6 Å². The lowest BCUT2D eigenvalue weighted by Gasteiger charge is -2.32. The number of carbonyl (C=O) groups is 2. The fraction of sp³-hybridized carbons (Fsp3) is 0.500. The maximum absolute atomic E-state index is 12.0. The standard InChI is InChI=1S/C14H18ClN3O2/c1-10(18-7-3-2-4-13(18)19)8-17-14(20)11-5-6-16-9-12(11)15/h5-6,9-10H,2-4,7-8H2,1H3,(H,17,20)/t10-/m1/s1. The van der Waals surface area contributed by atoms with Crippen LogP contribution in [0, 0.1) is 0 Å². The first-order chi connectivity index (χ1) is 9.59. The summed E-state index contributed by atoms with van der Waals surface area (Å²) in [6.45, 7) is 3.13. The van der Waals surface area contributed by atoms with Crippen LogP contribution in [0.4, 0.5) is 0 Å². The van der Waals surface area contributed by atoms with Crippen LogP contribution in [0.2, 0.25) is 5.02 Å². The number of hydrogen-bond donors (Lipinski definition) is 1. The maximum Gasteiger partial charge on any atom is 0.252 e. The van der Waals surface area contributed by atoms with E-state index in [1.165, 1.54) is 12.4 Å². The molecule has 6 heteroatoms. The number of aromatic nitrogens is 1. The van der Waals surface area contributed by atoms with Crippen molar-refractivity contribution in [3.63, 3.8) is 0 Å². The summed E-state index contributed by atoms with van der Waals surface area (Å²) in [7, 11) is 0. The van der Waals surface area contributed by atoms with Gasteiger partial charge >= 0.3 is 0 Å². The van der Waals surface area contributed by atoms with Crippen molar-refractivity contribution in [3.05, 3.63) is 29.0 Å². The molecule has 0 saturated carbocycles. The maximum atomic E-state index is 12.0. The van der Waals surface area contributed by atoms with Crippen molar-refractivity contribution < 1.29 is 9.59 Å². The van der Waals surface area contributed by atoms with Crippen LogP contribution in [0.3, 0.4) is 0 Å². The third-order valence-corrected chi connectivity index (χ3v) is 3.77. The molecule has 20 heavy (non-hydrogen) atoms. The number of carbonyl (C=O) groups excluding carboxylic acids is 2. The zero-order valence-electron chi connectivity index (χ0n) is 11.4. The number of hydrogen-bond acceptors (Lipinski definition) is 3. The van der Waals surface area contributed by atoms with E-state index in [-0.39, 0.29) is 17.9 Å². The second-order valence-electron chi connectivity index (χ2n) is 4.96. The number of piperidine rings is 1. The van der Waals surface area contributed by atoms with Gasteiger partial charge < -0.3 is 10.2 Å². The van der Waals surface area contributed by atoms with Crippen LogP contribution in [0.5, 0.6) is 0 Å². The largest absolute Gasteiger partial charge is 0.350 e. The number of halogens is 1. The Kier molecular flexibility index (Phi) is 4.95. The molecule has 108 valence electrons.